The molecule has 0 unspecified atom stereocenters. The third-order valence-electron chi connectivity index (χ3n) is 2.61. The Morgan fingerprint density at radius 2 is 2.20 bits per heavy atom. The summed E-state index contributed by atoms with van der Waals surface area (Å²) in [4.78, 5) is 11.0. The number of carboxylic acids is 1. The fourth-order valence-corrected chi connectivity index (χ4v) is 1.80. The quantitative estimate of drug-likeness (QED) is 0.818. The maximum absolute atomic E-state index is 11.0. The minimum atomic E-state index is -0.947. The summed E-state index contributed by atoms with van der Waals surface area (Å²) in [5.41, 5.74) is 1.75. The van der Waals surface area contributed by atoms with Crippen molar-refractivity contribution in [2.45, 2.75) is 20.3 Å². The number of hydrogen-bond donors (Lipinski definition) is 1. The van der Waals surface area contributed by atoms with Crippen molar-refractivity contribution in [1.29, 1.82) is 0 Å². The normalized spacial score (nSPS) is 10.8. The summed E-state index contributed by atoms with van der Waals surface area (Å²) in [7, 11) is 0. The number of fused-ring (bicyclic) bond motifs is 1. The second-order valence-corrected chi connectivity index (χ2v) is 3.49. The van der Waals surface area contributed by atoms with E-state index in [1.54, 1.807) is 12.1 Å². The van der Waals surface area contributed by atoms with Crippen LogP contribution in [0.1, 0.15) is 28.6 Å². The van der Waals surface area contributed by atoms with Crippen LogP contribution >= 0.6 is 0 Å². The van der Waals surface area contributed by atoms with Crippen LogP contribution in [0.4, 0.5) is 0 Å². The molecule has 0 bridgehead atoms. The molecule has 0 saturated carbocycles. The highest BCUT2D eigenvalue weighted by Gasteiger charge is 2.15. The first-order valence-corrected chi connectivity index (χ1v) is 4.89. The van der Waals surface area contributed by atoms with Crippen LogP contribution in [0.3, 0.4) is 0 Å². The summed E-state index contributed by atoms with van der Waals surface area (Å²) in [6.45, 7) is 3.95. The summed E-state index contributed by atoms with van der Waals surface area (Å²) in [5, 5.41) is 9.89. The van der Waals surface area contributed by atoms with Crippen molar-refractivity contribution < 1.29 is 14.3 Å². The lowest BCUT2D eigenvalue weighted by Crippen LogP contribution is -1.95. The number of carbonyl (C=O) groups is 1. The van der Waals surface area contributed by atoms with E-state index >= 15 is 0 Å². The third-order valence-corrected chi connectivity index (χ3v) is 2.61. The average Bonchev–Trinajstić information content (AvgIpc) is 2.55. The zero-order valence-electron chi connectivity index (χ0n) is 8.70. The predicted molar refractivity (Wildman–Crippen MR) is 57.3 cm³/mol. The molecule has 0 radical (unpaired) electrons. The first-order chi connectivity index (χ1) is 7.15. The smallest absolute Gasteiger partial charge is 0.339 e. The molecule has 0 saturated heterocycles. The lowest BCUT2D eigenvalue weighted by molar-refractivity contribution is 0.0698. The Morgan fingerprint density at radius 3 is 2.80 bits per heavy atom. The summed E-state index contributed by atoms with van der Waals surface area (Å²) in [6, 6.07) is 5.20. The zero-order valence-corrected chi connectivity index (χ0v) is 8.70. The Kier molecular flexibility index (Phi) is 2.23. The van der Waals surface area contributed by atoms with Crippen molar-refractivity contribution >= 4 is 16.9 Å². The number of aryl methyl sites for hydroxylation is 2. The summed E-state index contributed by atoms with van der Waals surface area (Å²) < 4.78 is 5.56. The van der Waals surface area contributed by atoms with E-state index in [0.717, 1.165) is 23.1 Å². The molecule has 0 fully saturated rings. The van der Waals surface area contributed by atoms with Crippen LogP contribution in [-0.4, -0.2) is 11.1 Å². The van der Waals surface area contributed by atoms with Crippen LogP contribution in [0, 0.1) is 6.92 Å². The highest BCUT2D eigenvalue weighted by Crippen LogP contribution is 2.28. The van der Waals surface area contributed by atoms with E-state index in [-0.39, 0.29) is 5.56 Å². The molecule has 2 aromatic rings. The number of rotatable bonds is 2. The van der Waals surface area contributed by atoms with E-state index in [0.29, 0.717) is 5.58 Å². The van der Waals surface area contributed by atoms with Gasteiger partial charge in [-0.1, -0.05) is 19.1 Å². The van der Waals surface area contributed by atoms with Gasteiger partial charge >= 0.3 is 5.97 Å². The molecule has 0 amide bonds. The van der Waals surface area contributed by atoms with Crippen LogP contribution in [0.15, 0.2) is 22.6 Å². The van der Waals surface area contributed by atoms with Crippen LogP contribution < -0.4 is 0 Å². The van der Waals surface area contributed by atoms with E-state index in [4.69, 9.17) is 9.52 Å². The van der Waals surface area contributed by atoms with Crippen LogP contribution in [0.25, 0.3) is 11.0 Å². The Labute approximate surface area is 87.3 Å². The van der Waals surface area contributed by atoms with Crippen molar-refractivity contribution in [1.82, 2.24) is 0 Å². The van der Waals surface area contributed by atoms with Crippen molar-refractivity contribution in [2.75, 3.05) is 0 Å². The van der Waals surface area contributed by atoms with Gasteiger partial charge in [-0.2, -0.15) is 0 Å². The molecule has 2 rings (SSSR count). The lowest BCUT2D eigenvalue weighted by atomic mass is 10.1. The van der Waals surface area contributed by atoms with Crippen molar-refractivity contribution in [3.63, 3.8) is 0 Å². The van der Waals surface area contributed by atoms with E-state index in [1.165, 1.54) is 0 Å². The molecule has 0 aliphatic carbocycles. The molecule has 0 spiro atoms. The molecule has 0 aliphatic rings. The molecule has 1 N–H and O–H groups in total. The topological polar surface area (TPSA) is 50.4 Å². The molecular formula is C12H12O3. The summed E-state index contributed by atoms with van der Waals surface area (Å²) in [6.07, 6.45) is 0.777. The van der Waals surface area contributed by atoms with E-state index < -0.39 is 5.97 Å². The van der Waals surface area contributed by atoms with Gasteiger partial charge in [-0.3, -0.25) is 0 Å². The van der Waals surface area contributed by atoms with Crippen LogP contribution in [0.5, 0.6) is 0 Å². The molecule has 0 atom stereocenters. The largest absolute Gasteiger partial charge is 0.478 e. The van der Waals surface area contributed by atoms with Gasteiger partial charge in [0.15, 0.2) is 0 Å². The van der Waals surface area contributed by atoms with E-state index in [9.17, 15) is 4.79 Å². The van der Waals surface area contributed by atoms with Gasteiger partial charge in [0, 0.05) is 11.8 Å². The SMILES string of the molecule is CCc1oc2c(C(=O)O)cccc2c1C. The van der Waals surface area contributed by atoms with Crippen molar-refractivity contribution in [3.8, 4) is 0 Å². The van der Waals surface area contributed by atoms with Gasteiger partial charge in [-0.25, -0.2) is 4.79 Å². The van der Waals surface area contributed by atoms with Gasteiger partial charge < -0.3 is 9.52 Å². The highest BCUT2D eigenvalue weighted by atomic mass is 16.4. The van der Waals surface area contributed by atoms with E-state index in [1.807, 2.05) is 19.9 Å². The minimum absolute atomic E-state index is 0.232. The molecule has 78 valence electrons. The molecule has 1 aromatic carbocycles. The average molecular weight is 204 g/mol. The molecule has 1 aromatic heterocycles. The predicted octanol–water partition coefficient (Wildman–Crippen LogP) is 3.00. The molecule has 3 heteroatoms. The molecular weight excluding hydrogens is 192 g/mol. The molecule has 0 aliphatic heterocycles. The van der Waals surface area contributed by atoms with Crippen LogP contribution in [-0.2, 0) is 6.42 Å². The molecule has 15 heavy (non-hydrogen) atoms. The second kappa shape index (κ2) is 3.42. The maximum atomic E-state index is 11.0. The Morgan fingerprint density at radius 1 is 1.47 bits per heavy atom. The number of para-hydroxylation sites is 1. The minimum Gasteiger partial charge on any atom is -0.478 e. The first-order valence-electron chi connectivity index (χ1n) is 4.89. The fourth-order valence-electron chi connectivity index (χ4n) is 1.80. The number of benzene rings is 1. The Hall–Kier alpha value is -1.77. The number of hydrogen-bond acceptors (Lipinski definition) is 2. The molecule has 3 nitrogen and oxygen atoms in total. The number of carboxylic acid groups (broad SMARTS) is 1. The maximum Gasteiger partial charge on any atom is 0.339 e. The van der Waals surface area contributed by atoms with Gasteiger partial charge in [0.05, 0.1) is 0 Å². The fraction of sp³-hybridized carbons (Fsp3) is 0.250. The van der Waals surface area contributed by atoms with Gasteiger partial charge in [0.2, 0.25) is 0 Å². The zero-order chi connectivity index (χ0) is 11.0. The van der Waals surface area contributed by atoms with Gasteiger partial charge in [0.1, 0.15) is 16.9 Å². The van der Waals surface area contributed by atoms with E-state index in [2.05, 4.69) is 0 Å². The monoisotopic (exact) mass is 204 g/mol. The lowest BCUT2D eigenvalue weighted by Gasteiger charge is -1.94. The van der Waals surface area contributed by atoms with Gasteiger partial charge in [-0.05, 0) is 18.6 Å². The number of furan rings is 1. The van der Waals surface area contributed by atoms with Gasteiger partial charge in [0.25, 0.3) is 0 Å². The third kappa shape index (κ3) is 1.40. The van der Waals surface area contributed by atoms with Crippen molar-refractivity contribution in [2.24, 2.45) is 0 Å². The van der Waals surface area contributed by atoms with Gasteiger partial charge in [-0.15, -0.1) is 0 Å². The highest BCUT2D eigenvalue weighted by molar-refractivity contribution is 6.02. The summed E-state index contributed by atoms with van der Waals surface area (Å²) in [5.74, 6) is -0.0873. The Bertz CT molecular complexity index is 523. The number of aromatic carboxylic acids is 1. The Balaban J connectivity index is 2.81. The van der Waals surface area contributed by atoms with Crippen molar-refractivity contribution in [3.05, 3.63) is 35.1 Å². The van der Waals surface area contributed by atoms with Crippen LogP contribution in [0.2, 0.25) is 0 Å². The first kappa shape index (κ1) is 9.77. The molecule has 1 heterocycles. The summed E-state index contributed by atoms with van der Waals surface area (Å²) >= 11 is 0. The second-order valence-electron chi connectivity index (χ2n) is 3.49. The standard InChI is InChI=1S/C12H12O3/c1-3-10-7(2)8-5-4-6-9(12(13)14)11(8)15-10/h4-6H,3H2,1-2H3,(H,13,14).